The zero-order chi connectivity index (χ0) is 16.5. The number of hydrogen-bond donors (Lipinski definition) is 0. The van der Waals surface area contributed by atoms with Gasteiger partial charge in [-0.2, -0.15) is 0 Å². The number of aryl methyl sites for hydroxylation is 1. The van der Waals surface area contributed by atoms with Gasteiger partial charge in [-0.25, -0.2) is 4.98 Å². The third-order valence-electron chi connectivity index (χ3n) is 4.23. The van der Waals surface area contributed by atoms with Gasteiger partial charge in [0, 0.05) is 18.2 Å². The third-order valence-corrected chi connectivity index (χ3v) is 5.26. The smallest absolute Gasteiger partial charge is 0.266 e. The zero-order valence-electron chi connectivity index (χ0n) is 13.3. The highest BCUT2D eigenvalue weighted by Gasteiger charge is 2.34. The molecule has 0 aliphatic carbocycles. The van der Waals surface area contributed by atoms with E-state index in [0.717, 1.165) is 41.4 Å². The van der Waals surface area contributed by atoms with Gasteiger partial charge in [-0.1, -0.05) is 35.5 Å². The van der Waals surface area contributed by atoms with Gasteiger partial charge in [0.15, 0.2) is 5.76 Å². The van der Waals surface area contributed by atoms with Crippen LogP contribution in [0.3, 0.4) is 0 Å². The Morgan fingerprint density at radius 3 is 2.92 bits per heavy atom. The van der Waals surface area contributed by atoms with E-state index in [4.69, 9.17) is 4.52 Å². The second kappa shape index (κ2) is 6.20. The molecular formula is C18H17N3O2S. The van der Waals surface area contributed by atoms with Crippen LogP contribution in [-0.2, 0) is 0 Å². The maximum absolute atomic E-state index is 12.9. The van der Waals surface area contributed by atoms with Gasteiger partial charge in [0.25, 0.3) is 5.91 Å². The molecule has 1 amide bonds. The summed E-state index contributed by atoms with van der Waals surface area (Å²) >= 11 is 1.43. The molecule has 1 aromatic carbocycles. The molecule has 2 aromatic heterocycles. The van der Waals surface area contributed by atoms with Gasteiger partial charge in [0.1, 0.15) is 9.88 Å². The highest BCUT2D eigenvalue weighted by atomic mass is 32.1. The number of thiazole rings is 1. The molecule has 3 aromatic rings. The second-order valence-corrected chi connectivity index (χ2v) is 6.95. The number of carbonyl (C=O) groups excluding carboxylic acids is 1. The first-order chi connectivity index (χ1) is 11.7. The number of rotatable bonds is 3. The van der Waals surface area contributed by atoms with Crippen molar-refractivity contribution in [2.24, 2.45) is 0 Å². The van der Waals surface area contributed by atoms with E-state index in [1.807, 2.05) is 48.2 Å². The molecule has 0 radical (unpaired) electrons. The second-order valence-electron chi connectivity index (χ2n) is 5.92. The van der Waals surface area contributed by atoms with Gasteiger partial charge >= 0.3 is 0 Å². The van der Waals surface area contributed by atoms with Crippen LogP contribution in [-0.4, -0.2) is 27.5 Å². The largest absolute Gasteiger partial charge is 0.359 e. The summed E-state index contributed by atoms with van der Waals surface area (Å²) in [7, 11) is 0. The van der Waals surface area contributed by atoms with Crippen molar-refractivity contribution in [1.29, 1.82) is 0 Å². The summed E-state index contributed by atoms with van der Waals surface area (Å²) < 4.78 is 5.38. The molecule has 0 N–H and O–H groups in total. The maximum Gasteiger partial charge on any atom is 0.266 e. The molecule has 5 nitrogen and oxygen atoms in total. The lowest BCUT2D eigenvalue weighted by Crippen LogP contribution is -2.29. The molecule has 3 heterocycles. The zero-order valence-corrected chi connectivity index (χ0v) is 14.1. The van der Waals surface area contributed by atoms with E-state index < -0.39 is 0 Å². The first-order valence-corrected chi connectivity index (χ1v) is 8.79. The van der Waals surface area contributed by atoms with Crippen molar-refractivity contribution in [3.63, 3.8) is 0 Å². The SMILES string of the molecule is Cc1cc([C@@H]2CCCN2C(=O)c2cnc(-c3ccccc3)s2)on1. The minimum atomic E-state index is -0.0269. The minimum Gasteiger partial charge on any atom is -0.359 e. The Labute approximate surface area is 143 Å². The fourth-order valence-electron chi connectivity index (χ4n) is 3.07. The molecule has 1 aliphatic rings. The van der Waals surface area contributed by atoms with Crippen LogP contribution in [0.2, 0.25) is 0 Å². The van der Waals surface area contributed by atoms with Gasteiger partial charge in [-0.3, -0.25) is 4.79 Å². The molecule has 4 rings (SSSR count). The Hall–Kier alpha value is -2.47. The van der Waals surface area contributed by atoms with Crippen molar-refractivity contribution in [2.75, 3.05) is 6.54 Å². The van der Waals surface area contributed by atoms with E-state index in [-0.39, 0.29) is 11.9 Å². The number of benzene rings is 1. The molecule has 1 fully saturated rings. The summed E-state index contributed by atoms with van der Waals surface area (Å²) in [5.74, 6) is 0.789. The number of aromatic nitrogens is 2. The van der Waals surface area contributed by atoms with Gasteiger partial charge < -0.3 is 9.42 Å². The fraction of sp³-hybridized carbons (Fsp3) is 0.278. The topological polar surface area (TPSA) is 59.2 Å². The van der Waals surface area contributed by atoms with E-state index in [2.05, 4.69) is 10.1 Å². The fourth-order valence-corrected chi connectivity index (χ4v) is 3.95. The van der Waals surface area contributed by atoms with Gasteiger partial charge in [-0.05, 0) is 19.8 Å². The molecular weight excluding hydrogens is 322 g/mol. The minimum absolute atomic E-state index is 0.0197. The van der Waals surface area contributed by atoms with Crippen LogP contribution in [0.5, 0.6) is 0 Å². The molecule has 1 aliphatic heterocycles. The quantitative estimate of drug-likeness (QED) is 0.721. The van der Waals surface area contributed by atoms with Gasteiger partial charge in [0.05, 0.1) is 17.9 Å². The molecule has 0 saturated carbocycles. The highest BCUT2D eigenvalue weighted by Crippen LogP contribution is 2.35. The number of amides is 1. The predicted octanol–water partition coefficient (Wildman–Crippen LogP) is 4.08. The third kappa shape index (κ3) is 2.73. The molecule has 0 bridgehead atoms. The number of likely N-dealkylation sites (tertiary alicyclic amines) is 1. The van der Waals surface area contributed by atoms with Crippen molar-refractivity contribution < 1.29 is 9.32 Å². The Kier molecular flexibility index (Phi) is 3.90. The van der Waals surface area contributed by atoms with Crippen molar-refractivity contribution in [2.45, 2.75) is 25.8 Å². The summed E-state index contributed by atoms with van der Waals surface area (Å²) in [5.41, 5.74) is 1.87. The summed E-state index contributed by atoms with van der Waals surface area (Å²) in [5, 5.41) is 4.81. The van der Waals surface area contributed by atoms with E-state index in [0.29, 0.717) is 4.88 Å². The monoisotopic (exact) mass is 339 g/mol. The summed E-state index contributed by atoms with van der Waals surface area (Å²) in [6.45, 7) is 2.63. The molecule has 0 unspecified atom stereocenters. The Morgan fingerprint density at radius 2 is 2.17 bits per heavy atom. The lowest BCUT2D eigenvalue weighted by molar-refractivity contribution is 0.0719. The van der Waals surface area contributed by atoms with Crippen LogP contribution in [0.1, 0.15) is 40.0 Å². The first kappa shape index (κ1) is 15.1. The average Bonchev–Trinajstić information content (AvgIpc) is 3.35. The number of carbonyl (C=O) groups is 1. The van der Waals surface area contributed by atoms with Gasteiger partial charge in [-0.15, -0.1) is 11.3 Å². The molecule has 6 heteroatoms. The van der Waals surface area contributed by atoms with E-state index in [1.165, 1.54) is 11.3 Å². The molecule has 122 valence electrons. The Balaban J connectivity index is 1.58. The molecule has 1 atom stereocenters. The molecule has 24 heavy (non-hydrogen) atoms. The molecule has 1 saturated heterocycles. The predicted molar refractivity (Wildman–Crippen MR) is 91.8 cm³/mol. The first-order valence-electron chi connectivity index (χ1n) is 7.98. The van der Waals surface area contributed by atoms with E-state index >= 15 is 0 Å². The lowest BCUT2D eigenvalue weighted by Gasteiger charge is -2.21. The van der Waals surface area contributed by atoms with Crippen LogP contribution in [0.4, 0.5) is 0 Å². The van der Waals surface area contributed by atoms with Crippen molar-refractivity contribution >= 4 is 17.2 Å². The van der Waals surface area contributed by atoms with Crippen LogP contribution in [0, 0.1) is 6.92 Å². The Morgan fingerprint density at radius 1 is 1.33 bits per heavy atom. The van der Waals surface area contributed by atoms with Gasteiger partial charge in [0.2, 0.25) is 0 Å². The normalized spacial score (nSPS) is 17.4. The van der Waals surface area contributed by atoms with Crippen molar-refractivity contribution in [1.82, 2.24) is 15.0 Å². The lowest BCUT2D eigenvalue weighted by atomic mass is 10.1. The van der Waals surface area contributed by atoms with Crippen molar-refractivity contribution in [3.05, 3.63) is 58.9 Å². The summed E-state index contributed by atoms with van der Waals surface area (Å²) in [6.07, 6.45) is 3.56. The number of nitrogens with zero attached hydrogens (tertiary/aromatic N) is 3. The molecule has 0 spiro atoms. The highest BCUT2D eigenvalue weighted by molar-refractivity contribution is 7.16. The average molecular weight is 339 g/mol. The summed E-state index contributed by atoms with van der Waals surface area (Å²) in [4.78, 5) is 19.9. The Bertz CT molecular complexity index is 856. The van der Waals surface area contributed by atoms with E-state index in [1.54, 1.807) is 6.20 Å². The maximum atomic E-state index is 12.9. The van der Waals surface area contributed by atoms with Crippen LogP contribution in [0.15, 0.2) is 47.1 Å². The van der Waals surface area contributed by atoms with E-state index in [9.17, 15) is 4.79 Å². The summed E-state index contributed by atoms with van der Waals surface area (Å²) in [6, 6.07) is 11.8. The van der Waals surface area contributed by atoms with Crippen molar-refractivity contribution in [3.8, 4) is 10.6 Å². The van der Waals surface area contributed by atoms with Crippen LogP contribution < -0.4 is 0 Å². The number of hydrogen-bond acceptors (Lipinski definition) is 5. The van der Waals surface area contributed by atoms with Crippen LogP contribution >= 0.6 is 11.3 Å². The standard InChI is InChI=1S/C18H17N3O2S/c1-12-10-15(23-20-12)14-8-5-9-21(14)18(22)16-11-19-17(24-16)13-6-3-2-4-7-13/h2-4,6-7,10-11,14H,5,8-9H2,1H3/t14-/m0/s1. The van der Waals surface area contributed by atoms with Crippen LogP contribution in [0.25, 0.3) is 10.6 Å².